The fourth-order valence-electron chi connectivity index (χ4n) is 5.99. The van der Waals surface area contributed by atoms with E-state index in [-0.39, 0.29) is 16.6 Å². The van der Waals surface area contributed by atoms with Crippen molar-refractivity contribution in [3.63, 3.8) is 0 Å². The van der Waals surface area contributed by atoms with Gasteiger partial charge >= 0.3 is 5.97 Å². The van der Waals surface area contributed by atoms with E-state index in [0.717, 1.165) is 23.6 Å². The van der Waals surface area contributed by atoms with Gasteiger partial charge < -0.3 is 14.8 Å². The zero-order chi connectivity index (χ0) is 22.4. The Morgan fingerprint density at radius 2 is 1.68 bits per heavy atom. The number of sulfonamides is 1. The normalized spacial score (nSPS) is 29.1. The summed E-state index contributed by atoms with van der Waals surface area (Å²) in [5, 5.41) is 2.62. The fraction of sp³-hybridized carbons (Fsp3) is 0.636. The summed E-state index contributed by atoms with van der Waals surface area (Å²) in [6, 6.07) is 4.23. The second-order valence-corrected chi connectivity index (χ2v) is 11.6. The van der Waals surface area contributed by atoms with E-state index in [0.29, 0.717) is 23.5 Å². The molecule has 0 atom stereocenters. The Labute approximate surface area is 183 Å². The molecule has 0 aromatic heterocycles. The molecule has 31 heavy (non-hydrogen) atoms. The number of ether oxygens (including phenoxy) is 2. The number of benzene rings is 1. The van der Waals surface area contributed by atoms with Gasteiger partial charge in [0.05, 0.1) is 23.1 Å². The molecule has 4 bridgehead atoms. The van der Waals surface area contributed by atoms with Gasteiger partial charge in [0.2, 0.25) is 10.0 Å². The van der Waals surface area contributed by atoms with Crippen LogP contribution < -0.4 is 10.1 Å². The summed E-state index contributed by atoms with van der Waals surface area (Å²) in [7, 11) is 0.623. The first-order chi connectivity index (χ1) is 14.6. The predicted molar refractivity (Wildman–Crippen MR) is 114 cm³/mol. The molecule has 0 heterocycles. The van der Waals surface area contributed by atoms with Crippen molar-refractivity contribution in [2.75, 3.05) is 33.1 Å². The molecular formula is C22H30N2O6S. The summed E-state index contributed by atoms with van der Waals surface area (Å²) in [5.74, 6) is 1.35. The van der Waals surface area contributed by atoms with Crippen molar-refractivity contribution >= 4 is 27.6 Å². The topological polar surface area (TPSA) is 102 Å². The number of esters is 1. The molecule has 5 rings (SSSR count). The summed E-state index contributed by atoms with van der Waals surface area (Å²) < 4.78 is 36.6. The average molecular weight is 451 g/mol. The number of amides is 1. The minimum atomic E-state index is -3.67. The summed E-state index contributed by atoms with van der Waals surface area (Å²) >= 11 is 0. The van der Waals surface area contributed by atoms with E-state index in [2.05, 4.69) is 5.32 Å². The Morgan fingerprint density at radius 1 is 1.10 bits per heavy atom. The third-order valence-corrected chi connectivity index (χ3v) is 8.84. The standard InChI is InChI=1S/C22H30N2O6S/c1-24(2)31(27,28)17-4-5-19(29-3)18(9-17)23-20(25)13-30-21(26)22-10-14-6-15(11-22)8-16(7-14)12-22/h4-5,9,14-16H,6-8,10-13H2,1-3H3,(H,23,25). The Balaban J connectivity index is 1.41. The van der Waals surface area contributed by atoms with Crippen molar-refractivity contribution in [3.8, 4) is 5.75 Å². The second-order valence-electron chi connectivity index (χ2n) is 9.47. The van der Waals surface area contributed by atoms with E-state index in [4.69, 9.17) is 9.47 Å². The molecule has 4 aliphatic rings. The molecule has 8 nitrogen and oxygen atoms in total. The van der Waals surface area contributed by atoms with Gasteiger partial charge in [0.1, 0.15) is 5.75 Å². The Hall–Kier alpha value is -2.13. The quantitative estimate of drug-likeness (QED) is 0.641. The van der Waals surface area contributed by atoms with Crippen molar-refractivity contribution < 1.29 is 27.5 Å². The smallest absolute Gasteiger partial charge is 0.312 e. The van der Waals surface area contributed by atoms with Crippen molar-refractivity contribution in [2.24, 2.45) is 23.2 Å². The molecule has 0 radical (unpaired) electrons. The fourth-order valence-corrected chi connectivity index (χ4v) is 6.92. The average Bonchev–Trinajstić information content (AvgIpc) is 2.70. The number of hydrogen-bond donors (Lipinski definition) is 1. The van der Waals surface area contributed by atoms with Gasteiger partial charge in [-0.05, 0) is 74.5 Å². The van der Waals surface area contributed by atoms with E-state index < -0.39 is 28.0 Å². The zero-order valence-corrected chi connectivity index (χ0v) is 19.0. The molecule has 1 N–H and O–H groups in total. The molecule has 1 aromatic carbocycles. The lowest BCUT2D eigenvalue weighted by molar-refractivity contribution is -0.172. The molecule has 0 saturated heterocycles. The molecule has 1 aromatic rings. The molecule has 1 amide bonds. The maximum atomic E-state index is 12.9. The number of anilines is 1. The first kappa shape index (κ1) is 22.1. The van der Waals surface area contributed by atoms with Crippen LogP contribution in [0.5, 0.6) is 5.75 Å². The van der Waals surface area contributed by atoms with Crippen molar-refractivity contribution in [1.82, 2.24) is 4.31 Å². The molecule has 0 aliphatic heterocycles. The first-order valence-electron chi connectivity index (χ1n) is 10.7. The number of nitrogens with zero attached hydrogens (tertiary/aromatic N) is 1. The van der Waals surface area contributed by atoms with Crippen LogP contribution in [0, 0.1) is 23.2 Å². The van der Waals surface area contributed by atoms with Gasteiger partial charge in [0.25, 0.3) is 5.91 Å². The van der Waals surface area contributed by atoms with Crippen LogP contribution in [0.2, 0.25) is 0 Å². The predicted octanol–water partition coefficient (Wildman–Crippen LogP) is 2.64. The number of carbonyl (C=O) groups excluding carboxylic acids is 2. The highest BCUT2D eigenvalue weighted by molar-refractivity contribution is 7.89. The van der Waals surface area contributed by atoms with Crippen molar-refractivity contribution in [3.05, 3.63) is 18.2 Å². The maximum Gasteiger partial charge on any atom is 0.312 e. The van der Waals surface area contributed by atoms with Crippen LogP contribution in [0.25, 0.3) is 0 Å². The summed E-state index contributed by atoms with van der Waals surface area (Å²) in [6.07, 6.45) is 6.28. The minimum Gasteiger partial charge on any atom is -0.495 e. The highest BCUT2D eigenvalue weighted by Crippen LogP contribution is 2.60. The summed E-state index contributed by atoms with van der Waals surface area (Å²) in [6.45, 7) is -0.408. The lowest BCUT2D eigenvalue weighted by Crippen LogP contribution is -2.50. The maximum absolute atomic E-state index is 12.9. The van der Waals surface area contributed by atoms with Gasteiger partial charge in [-0.3, -0.25) is 9.59 Å². The number of carbonyl (C=O) groups is 2. The third-order valence-electron chi connectivity index (χ3n) is 7.03. The van der Waals surface area contributed by atoms with Crippen LogP contribution in [0.3, 0.4) is 0 Å². The van der Waals surface area contributed by atoms with Gasteiger partial charge in [-0.2, -0.15) is 0 Å². The number of nitrogens with one attached hydrogen (secondary N) is 1. The lowest BCUT2D eigenvalue weighted by Gasteiger charge is -2.55. The van der Waals surface area contributed by atoms with E-state index >= 15 is 0 Å². The van der Waals surface area contributed by atoms with Gasteiger partial charge in [-0.1, -0.05) is 0 Å². The Bertz CT molecular complexity index is 952. The van der Waals surface area contributed by atoms with E-state index in [1.165, 1.54) is 58.7 Å². The highest BCUT2D eigenvalue weighted by atomic mass is 32.2. The van der Waals surface area contributed by atoms with Crippen LogP contribution >= 0.6 is 0 Å². The first-order valence-corrected chi connectivity index (χ1v) is 12.1. The van der Waals surface area contributed by atoms with E-state index in [1.54, 1.807) is 0 Å². The van der Waals surface area contributed by atoms with Crippen LogP contribution in [0.4, 0.5) is 5.69 Å². The Morgan fingerprint density at radius 3 is 2.19 bits per heavy atom. The molecule has 170 valence electrons. The molecule has 9 heteroatoms. The highest BCUT2D eigenvalue weighted by Gasteiger charge is 2.55. The monoisotopic (exact) mass is 450 g/mol. The minimum absolute atomic E-state index is 0.0270. The van der Waals surface area contributed by atoms with Gasteiger partial charge in [-0.25, -0.2) is 12.7 Å². The summed E-state index contributed by atoms with van der Waals surface area (Å²) in [5.41, 5.74) is -0.215. The van der Waals surface area contributed by atoms with Gasteiger partial charge in [0, 0.05) is 14.1 Å². The number of hydrogen-bond acceptors (Lipinski definition) is 6. The number of methoxy groups -OCH3 is 1. The molecule has 4 saturated carbocycles. The largest absolute Gasteiger partial charge is 0.495 e. The molecular weight excluding hydrogens is 420 g/mol. The molecule has 0 spiro atoms. The van der Waals surface area contributed by atoms with E-state index in [1.807, 2.05) is 0 Å². The van der Waals surface area contributed by atoms with Gasteiger partial charge in [-0.15, -0.1) is 0 Å². The van der Waals surface area contributed by atoms with Crippen LogP contribution in [-0.4, -0.2) is 52.4 Å². The third kappa shape index (κ3) is 4.17. The van der Waals surface area contributed by atoms with Crippen molar-refractivity contribution in [2.45, 2.75) is 43.4 Å². The SMILES string of the molecule is COc1ccc(S(=O)(=O)N(C)C)cc1NC(=O)COC(=O)C12CC3CC(CC(C3)C1)C2. The van der Waals surface area contributed by atoms with Crippen LogP contribution in [-0.2, 0) is 24.3 Å². The molecule has 4 aliphatic carbocycles. The Kier molecular flexibility index (Phi) is 5.76. The van der Waals surface area contributed by atoms with Gasteiger partial charge in [0.15, 0.2) is 6.61 Å². The van der Waals surface area contributed by atoms with Crippen LogP contribution in [0.1, 0.15) is 38.5 Å². The zero-order valence-electron chi connectivity index (χ0n) is 18.2. The second kappa shape index (κ2) is 8.09. The molecule has 4 fully saturated rings. The van der Waals surface area contributed by atoms with Crippen LogP contribution in [0.15, 0.2) is 23.1 Å². The van der Waals surface area contributed by atoms with E-state index in [9.17, 15) is 18.0 Å². The summed E-state index contributed by atoms with van der Waals surface area (Å²) in [4.78, 5) is 25.5. The van der Waals surface area contributed by atoms with Crippen molar-refractivity contribution in [1.29, 1.82) is 0 Å². The number of rotatable bonds is 7. The lowest BCUT2D eigenvalue weighted by atomic mass is 9.49. The molecule has 0 unspecified atom stereocenters.